The second-order valence-corrected chi connectivity index (χ2v) is 6.81. The maximum atomic E-state index is 12.4. The van der Waals surface area contributed by atoms with E-state index in [-0.39, 0.29) is 18.1 Å². The maximum Gasteiger partial charge on any atom is 0.387 e. The van der Waals surface area contributed by atoms with Crippen LogP contribution in [-0.2, 0) is 9.59 Å². The van der Waals surface area contributed by atoms with Gasteiger partial charge in [-0.25, -0.2) is 0 Å². The monoisotopic (exact) mass is 387 g/mol. The molecule has 1 aromatic carbocycles. The van der Waals surface area contributed by atoms with Gasteiger partial charge in [0.15, 0.2) is 0 Å². The van der Waals surface area contributed by atoms with Crippen molar-refractivity contribution in [1.29, 1.82) is 0 Å². The lowest BCUT2D eigenvalue weighted by molar-refractivity contribution is -0.137. The highest BCUT2D eigenvalue weighted by Gasteiger charge is 2.31. The van der Waals surface area contributed by atoms with Crippen molar-refractivity contribution in [3.05, 3.63) is 34.7 Å². The first kappa shape index (κ1) is 19.3. The molecule has 0 atom stereocenters. The van der Waals surface area contributed by atoms with E-state index in [2.05, 4.69) is 4.74 Å². The number of halogens is 2. The number of benzene rings is 1. The molecule has 2 rings (SSSR count). The van der Waals surface area contributed by atoms with Crippen LogP contribution in [0.1, 0.15) is 24.8 Å². The summed E-state index contributed by atoms with van der Waals surface area (Å²) >= 11 is 6.34. The average Bonchev–Trinajstić information content (AvgIpc) is 2.79. The molecule has 9 heteroatoms. The van der Waals surface area contributed by atoms with Crippen LogP contribution in [0.5, 0.6) is 5.75 Å². The van der Waals surface area contributed by atoms with E-state index in [0.29, 0.717) is 34.2 Å². The van der Waals surface area contributed by atoms with Crippen LogP contribution in [0.3, 0.4) is 0 Å². The third-order valence-electron chi connectivity index (χ3n) is 3.30. The van der Waals surface area contributed by atoms with E-state index in [9.17, 15) is 18.4 Å². The topological polar surface area (TPSA) is 66.8 Å². The third-order valence-corrected chi connectivity index (χ3v) is 4.68. The van der Waals surface area contributed by atoms with Crippen LogP contribution in [0.15, 0.2) is 29.2 Å². The smallest absolute Gasteiger partial charge is 0.387 e. The molecule has 1 amide bonds. The molecule has 1 aliphatic rings. The van der Waals surface area contributed by atoms with Crippen LogP contribution in [0.2, 0.25) is 0 Å². The van der Waals surface area contributed by atoms with Gasteiger partial charge in [0.05, 0.1) is 4.91 Å². The molecule has 25 heavy (non-hydrogen) atoms. The standard InChI is InChI=1S/C16H15F2NO4S2/c17-15(18)23-11-6-4-10(5-7-11)9-12-14(22)19(16(24)25-12)8-2-1-3-13(20)21/h4-7,9,15H,1-3,8H2,(H,20,21). The highest BCUT2D eigenvalue weighted by Crippen LogP contribution is 2.33. The summed E-state index contributed by atoms with van der Waals surface area (Å²) in [5.41, 5.74) is 0.660. The molecule has 0 saturated carbocycles. The quantitative estimate of drug-likeness (QED) is 0.416. The minimum atomic E-state index is -2.89. The number of carboxylic acid groups (broad SMARTS) is 1. The second kappa shape index (κ2) is 8.91. The summed E-state index contributed by atoms with van der Waals surface area (Å²) in [6, 6.07) is 5.92. The van der Waals surface area contributed by atoms with Crippen molar-refractivity contribution in [2.75, 3.05) is 6.54 Å². The number of nitrogens with zero attached hydrogens (tertiary/aromatic N) is 1. The lowest BCUT2D eigenvalue weighted by atomic mass is 10.2. The molecule has 1 heterocycles. The number of carboxylic acids is 1. The molecule has 1 aromatic rings. The largest absolute Gasteiger partial charge is 0.481 e. The summed E-state index contributed by atoms with van der Waals surface area (Å²) in [6.45, 7) is -2.51. The summed E-state index contributed by atoms with van der Waals surface area (Å²) in [4.78, 5) is 24.7. The second-order valence-electron chi connectivity index (χ2n) is 5.13. The minimum Gasteiger partial charge on any atom is -0.481 e. The number of carbonyl (C=O) groups excluding carboxylic acids is 1. The van der Waals surface area contributed by atoms with Gasteiger partial charge in [0.2, 0.25) is 0 Å². The Hall–Kier alpha value is -2.00. The van der Waals surface area contributed by atoms with Crippen molar-refractivity contribution >= 4 is 46.3 Å². The van der Waals surface area contributed by atoms with Crippen LogP contribution in [0.4, 0.5) is 8.78 Å². The summed E-state index contributed by atoms with van der Waals surface area (Å²) in [5, 5.41) is 8.61. The van der Waals surface area contributed by atoms with Gasteiger partial charge in [0.25, 0.3) is 5.91 Å². The molecule has 134 valence electrons. The number of hydrogen-bond donors (Lipinski definition) is 1. The Labute approximate surface area is 152 Å². The summed E-state index contributed by atoms with van der Waals surface area (Å²) in [7, 11) is 0. The number of aliphatic carboxylic acids is 1. The van der Waals surface area contributed by atoms with Gasteiger partial charge in [-0.15, -0.1) is 0 Å². The fourth-order valence-corrected chi connectivity index (χ4v) is 3.44. The molecule has 1 aliphatic heterocycles. The lowest BCUT2D eigenvalue weighted by Gasteiger charge is -2.13. The van der Waals surface area contributed by atoms with Gasteiger partial charge < -0.3 is 9.84 Å². The zero-order valence-corrected chi connectivity index (χ0v) is 14.6. The zero-order chi connectivity index (χ0) is 18.4. The molecule has 0 aromatic heterocycles. The molecule has 0 bridgehead atoms. The fourth-order valence-electron chi connectivity index (χ4n) is 2.14. The summed E-state index contributed by atoms with van der Waals surface area (Å²) in [5.74, 6) is -1.07. The van der Waals surface area contributed by atoms with Gasteiger partial charge in [-0.2, -0.15) is 8.78 Å². The minimum absolute atomic E-state index is 0.0399. The molecule has 1 fully saturated rings. The Morgan fingerprint density at radius 3 is 2.60 bits per heavy atom. The normalized spacial score (nSPS) is 16.1. The predicted octanol–water partition coefficient (Wildman–Crippen LogP) is 3.74. The van der Waals surface area contributed by atoms with E-state index in [0.717, 1.165) is 11.8 Å². The van der Waals surface area contributed by atoms with E-state index >= 15 is 0 Å². The number of thiocarbonyl (C=S) groups is 1. The SMILES string of the molecule is O=C(O)CCCCN1C(=O)C(=Cc2ccc(OC(F)F)cc2)SC1=S. The van der Waals surface area contributed by atoms with Crippen molar-refractivity contribution in [3.8, 4) is 5.75 Å². The van der Waals surface area contributed by atoms with E-state index in [4.69, 9.17) is 17.3 Å². The number of ether oxygens (including phenoxy) is 1. The van der Waals surface area contributed by atoms with Crippen LogP contribution in [-0.4, -0.2) is 39.4 Å². The van der Waals surface area contributed by atoms with Crippen molar-refractivity contribution in [2.24, 2.45) is 0 Å². The molecule has 1 saturated heterocycles. The van der Waals surface area contributed by atoms with Crippen LogP contribution < -0.4 is 4.74 Å². The van der Waals surface area contributed by atoms with E-state index in [1.165, 1.54) is 17.0 Å². The highest BCUT2D eigenvalue weighted by molar-refractivity contribution is 8.26. The number of thioether (sulfide) groups is 1. The molecule has 1 N–H and O–H groups in total. The van der Waals surface area contributed by atoms with E-state index in [1.54, 1.807) is 18.2 Å². The molecule has 0 radical (unpaired) electrons. The molecular formula is C16H15F2NO4S2. The number of alkyl halides is 2. The Morgan fingerprint density at radius 2 is 2.00 bits per heavy atom. The van der Waals surface area contributed by atoms with E-state index < -0.39 is 12.6 Å². The van der Waals surface area contributed by atoms with E-state index in [1.807, 2.05) is 0 Å². The number of unbranched alkanes of at least 4 members (excludes halogenated alkanes) is 1. The van der Waals surface area contributed by atoms with Gasteiger partial charge in [-0.1, -0.05) is 36.1 Å². The Balaban J connectivity index is 1.98. The average molecular weight is 387 g/mol. The van der Waals surface area contributed by atoms with Crippen LogP contribution in [0.25, 0.3) is 6.08 Å². The van der Waals surface area contributed by atoms with Gasteiger partial charge in [-0.05, 0) is 36.6 Å². The first-order chi connectivity index (χ1) is 11.9. The van der Waals surface area contributed by atoms with Crippen molar-refractivity contribution < 1.29 is 28.2 Å². The molecule has 0 unspecified atom stereocenters. The Kier molecular flexibility index (Phi) is 6.89. The number of hydrogen-bond acceptors (Lipinski definition) is 5. The van der Waals surface area contributed by atoms with Crippen LogP contribution in [0, 0.1) is 0 Å². The van der Waals surface area contributed by atoms with Gasteiger partial charge in [-0.3, -0.25) is 14.5 Å². The zero-order valence-electron chi connectivity index (χ0n) is 13.0. The third kappa shape index (κ3) is 5.79. The molecule has 5 nitrogen and oxygen atoms in total. The first-order valence-corrected chi connectivity index (χ1v) is 8.61. The maximum absolute atomic E-state index is 12.4. The van der Waals surface area contributed by atoms with Crippen LogP contribution >= 0.6 is 24.0 Å². The summed E-state index contributed by atoms with van der Waals surface area (Å²) in [6.07, 6.45) is 2.70. The lowest BCUT2D eigenvalue weighted by Crippen LogP contribution is -2.29. The molecule has 0 spiro atoms. The van der Waals surface area contributed by atoms with Crippen molar-refractivity contribution in [1.82, 2.24) is 4.90 Å². The van der Waals surface area contributed by atoms with Crippen molar-refractivity contribution in [3.63, 3.8) is 0 Å². The molecule has 0 aliphatic carbocycles. The fraction of sp³-hybridized carbons (Fsp3) is 0.312. The molecular weight excluding hydrogens is 372 g/mol. The number of amides is 1. The van der Waals surface area contributed by atoms with Crippen molar-refractivity contribution in [2.45, 2.75) is 25.9 Å². The Bertz CT molecular complexity index is 692. The summed E-state index contributed by atoms with van der Waals surface area (Å²) < 4.78 is 28.9. The predicted molar refractivity (Wildman–Crippen MR) is 94.4 cm³/mol. The van der Waals surface area contributed by atoms with Gasteiger partial charge in [0, 0.05) is 13.0 Å². The number of carbonyl (C=O) groups is 2. The van der Waals surface area contributed by atoms with Gasteiger partial charge in [0.1, 0.15) is 10.1 Å². The van der Waals surface area contributed by atoms with Gasteiger partial charge >= 0.3 is 12.6 Å². The highest BCUT2D eigenvalue weighted by atomic mass is 32.2. The number of rotatable bonds is 8. The first-order valence-electron chi connectivity index (χ1n) is 7.39. The Morgan fingerprint density at radius 1 is 1.32 bits per heavy atom.